The highest BCUT2D eigenvalue weighted by Crippen LogP contribution is 2.33. The Balaban J connectivity index is 1.85. The molecule has 1 aromatic carbocycles. The SMILES string of the molecule is C[C@@H]1CCC[C@H](C)N1S(=O)(=O)c1ccsc1C(=O)N[C@H](C)c1cccc(F)c1. The summed E-state index contributed by atoms with van der Waals surface area (Å²) < 4.78 is 41.6. The minimum absolute atomic E-state index is 0.0436. The number of carbonyl (C=O) groups is 1. The number of piperidine rings is 1. The van der Waals surface area contributed by atoms with Gasteiger partial charge in [-0.1, -0.05) is 18.6 Å². The van der Waals surface area contributed by atoms with Gasteiger partial charge in [0.05, 0.1) is 6.04 Å². The summed E-state index contributed by atoms with van der Waals surface area (Å²) in [5.74, 6) is -0.853. The number of halogens is 1. The topological polar surface area (TPSA) is 66.5 Å². The molecule has 0 aliphatic carbocycles. The lowest BCUT2D eigenvalue weighted by Crippen LogP contribution is -2.47. The lowest BCUT2D eigenvalue weighted by Gasteiger charge is -2.37. The van der Waals surface area contributed by atoms with Crippen molar-refractivity contribution in [1.82, 2.24) is 9.62 Å². The average Bonchev–Trinajstić information content (AvgIpc) is 3.12. The molecule has 3 atom stereocenters. The van der Waals surface area contributed by atoms with Gasteiger partial charge in [-0.3, -0.25) is 4.79 Å². The number of nitrogens with zero attached hydrogens (tertiary/aromatic N) is 1. The van der Waals surface area contributed by atoms with Crippen molar-refractivity contribution >= 4 is 27.3 Å². The molecule has 0 saturated carbocycles. The number of amides is 1. The van der Waals surface area contributed by atoms with Crippen LogP contribution in [0.5, 0.6) is 0 Å². The molecule has 28 heavy (non-hydrogen) atoms. The third-order valence-electron chi connectivity index (χ3n) is 5.20. The third kappa shape index (κ3) is 4.14. The van der Waals surface area contributed by atoms with Crippen LogP contribution in [0.1, 0.15) is 61.3 Å². The second kappa shape index (κ2) is 8.31. The standard InChI is InChI=1S/C20H25FN2O3S2/c1-13-6-4-7-14(2)23(13)28(25,26)18-10-11-27-19(18)20(24)22-15(3)16-8-5-9-17(21)12-16/h5,8-15H,4,6-7H2,1-3H3,(H,22,24)/t13-,14+,15-/m1/s1. The van der Waals surface area contributed by atoms with Crippen LogP contribution in [0.25, 0.3) is 0 Å². The van der Waals surface area contributed by atoms with Gasteiger partial charge in [-0.15, -0.1) is 11.3 Å². The number of hydrogen-bond donors (Lipinski definition) is 1. The van der Waals surface area contributed by atoms with Crippen LogP contribution in [0.3, 0.4) is 0 Å². The molecule has 3 rings (SSSR count). The van der Waals surface area contributed by atoms with E-state index >= 15 is 0 Å². The van der Waals surface area contributed by atoms with Crippen molar-refractivity contribution in [1.29, 1.82) is 0 Å². The molecular formula is C20H25FN2O3S2. The van der Waals surface area contributed by atoms with Crippen molar-refractivity contribution in [3.8, 4) is 0 Å². The Hall–Kier alpha value is -1.77. The van der Waals surface area contributed by atoms with Gasteiger partial charge in [-0.25, -0.2) is 12.8 Å². The van der Waals surface area contributed by atoms with Crippen molar-refractivity contribution < 1.29 is 17.6 Å². The fraction of sp³-hybridized carbons (Fsp3) is 0.450. The number of sulfonamides is 1. The molecule has 1 aromatic heterocycles. The van der Waals surface area contributed by atoms with E-state index in [0.29, 0.717) is 5.56 Å². The molecule has 0 radical (unpaired) electrons. The van der Waals surface area contributed by atoms with Crippen LogP contribution in [0.4, 0.5) is 4.39 Å². The number of carbonyl (C=O) groups excluding carboxylic acids is 1. The predicted octanol–water partition coefficient (Wildman–Crippen LogP) is 4.33. The molecule has 1 aliphatic rings. The first-order valence-electron chi connectivity index (χ1n) is 9.39. The Kier molecular flexibility index (Phi) is 6.21. The second-order valence-electron chi connectivity index (χ2n) is 7.33. The monoisotopic (exact) mass is 424 g/mol. The summed E-state index contributed by atoms with van der Waals surface area (Å²) in [6, 6.07) is 6.83. The Bertz CT molecular complexity index is 948. The van der Waals surface area contributed by atoms with Crippen LogP contribution in [0.15, 0.2) is 40.6 Å². The molecule has 1 fully saturated rings. The van der Waals surface area contributed by atoms with E-state index in [9.17, 15) is 17.6 Å². The van der Waals surface area contributed by atoms with Gasteiger partial charge >= 0.3 is 0 Å². The summed E-state index contributed by atoms with van der Waals surface area (Å²) in [6.07, 6.45) is 2.62. The molecule has 0 bridgehead atoms. The van der Waals surface area contributed by atoms with Gasteiger partial charge in [0.2, 0.25) is 10.0 Å². The number of hydrogen-bond acceptors (Lipinski definition) is 4. The maximum Gasteiger partial charge on any atom is 0.263 e. The maximum absolute atomic E-state index is 13.4. The van der Waals surface area contributed by atoms with Crippen LogP contribution in [-0.2, 0) is 10.0 Å². The largest absolute Gasteiger partial charge is 0.345 e. The van der Waals surface area contributed by atoms with Crippen molar-refractivity contribution in [2.45, 2.75) is 63.1 Å². The molecule has 0 unspecified atom stereocenters. The third-order valence-corrected chi connectivity index (χ3v) is 8.41. The van der Waals surface area contributed by atoms with E-state index in [1.54, 1.807) is 24.4 Å². The van der Waals surface area contributed by atoms with Gasteiger partial charge in [0, 0.05) is 12.1 Å². The lowest BCUT2D eigenvalue weighted by molar-refractivity contribution is 0.0940. The molecule has 0 spiro atoms. The van der Waals surface area contributed by atoms with Gasteiger partial charge in [-0.2, -0.15) is 4.31 Å². The summed E-state index contributed by atoms with van der Waals surface area (Å²) in [5.41, 5.74) is 0.618. The van der Waals surface area contributed by atoms with Gasteiger partial charge in [0.15, 0.2) is 0 Å². The summed E-state index contributed by atoms with van der Waals surface area (Å²) in [5, 5.41) is 4.40. The van der Waals surface area contributed by atoms with Crippen molar-refractivity contribution in [3.63, 3.8) is 0 Å². The maximum atomic E-state index is 13.4. The summed E-state index contributed by atoms with van der Waals surface area (Å²) in [6.45, 7) is 5.56. The van der Waals surface area contributed by atoms with Crippen molar-refractivity contribution in [2.24, 2.45) is 0 Å². The first-order valence-corrected chi connectivity index (χ1v) is 11.7. The molecule has 2 aromatic rings. The quantitative estimate of drug-likeness (QED) is 0.777. The Morgan fingerprint density at radius 3 is 2.57 bits per heavy atom. The van der Waals surface area contributed by atoms with E-state index in [-0.39, 0.29) is 27.7 Å². The summed E-state index contributed by atoms with van der Waals surface area (Å²) >= 11 is 1.10. The van der Waals surface area contributed by atoms with Crippen LogP contribution >= 0.6 is 11.3 Å². The molecule has 1 aliphatic heterocycles. The highest BCUT2D eigenvalue weighted by Gasteiger charge is 2.38. The molecule has 1 N–H and O–H groups in total. The van der Waals surface area contributed by atoms with E-state index in [2.05, 4.69) is 5.32 Å². The zero-order chi connectivity index (χ0) is 20.5. The number of rotatable bonds is 5. The molecule has 1 amide bonds. The van der Waals surface area contributed by atoms with Crippen LogP contribution in [0, 0.1) is 5.82 Å². The normalized spacial score (nSPS) is 22.0. The van der Waals surface area contributed by atoms with Crippen molar-refractivity contribution in [3.05, 3.63) is 52.0 Å². The van der Waals surface area contributed by atoms with Crippen LogP contribution in [-0.4, -0.2) is 30.7 Å². The van der Waals surface area contributed by atoms with Gasteiger partial charge in [0.25, 0.3) is 5.91 Å². The Morgan fingerprint density at radius 2 is 1.93 bits per heavy atom. The summed E-state index contributed by atoms with van der Waals surface area (Å²) in [7, 11) is -3.78. The molecule has 2 heterocycles. The van der Waals surface area contributed by atoms with Crippen molar-refractivity contribution in [2.75, 3.05) is 0 Å². The molecule has 5 nitrogen and oxygen atoms in total. The minimum Gasteiger partial charge on any atom is -0.345 e. The van der Waals surface area contributed by atoms with E-state index in [0.717, 1.165) is 30.6 Å². The number of thiophene rings is 1. The van der Waals surface area contributed by atoms with E-state index in [4.69, 9.17) is 0 Å². The van der Waals surface area contributed by atoms with Gasteiger partial charge in [-0.05, 0) is 62.8 Å². The van der Waals surface area contributed by atoms with Gasteiger partial charge < -0.3 is 5.32 Å². The highest BCUT2D eigenvalue weighted by atomic mass is 32.2. The second-order valence-corrected chi connectivity index (χ2v) is 10.1. The zero-order valence-corrected chi connectivity index (χ0v) is 17.8. The van der Waals surface area contributed by atoms with Crippen LogP contribution in [0.2, 0.25) is 0 Å². The number of nitrogens with one attached hydrogen (secondary N) is 1. The Labute approximate surface area is 169 Å². The molecule has 1 saturated heterocycles. The highest BCUT2D eigenvalue weighted by molar-refractivity contribution is 7.89. The predicted molar refractivity (Wildman–Crippen MR) is 108 cm³/mol. The van der Waals surface area contributed by atoms with E-state index in [1.165, 1.54) is 22.5 Å². The van der Waals surface area contributed by atoms with Crippen LogP contribution < -0.4 is 5.32 Å². The average molecular weight is 425 g/mol. The zero-order valence-electron chi connectivity index (χ0n) is 16.2. The first-order chi connectivity index (χ1) is 13.2. The molecular weight excluding hydrogens is 399 g/mol. The minimum atomic E-state index is -3.78. The fourth-order valence-corrected chi connectivity index (χ4v) is 6.96. The number of benzene rings is 1. The van der Waals surface area contributed by atoms with Gasteiger partial charge in [0.1, 0.15) is 15.6 Å². The molecule has 152 valence electrons. The smallest absolute Gasteiger partial charge is 0.263 e. The van der Waals surface area contributed by atoms with E-state index in [1.807, 2.05) is 13.8 Å². The molecule has 8 heteroatoms. The Morgan fingerprint density at radius 1 is 1.25 bits per heavy atom. The lowest BCUT2D eigenvalue weighted by atomic mass is 10.0. The summed E-state index contributed by atoms with van der Waals surface area (Å²) in [4.78, 5) is 13.0. The first kappa shape index (κ1) is 21.0. The fourth-order valence-electron chi connectivity index (χ4n) is 3.77. The van der Waals surface area contributed by atoms with E-state index < -0.39 is 22.0 Å².